The van der Waals surface area contributed by atoms with Crippen molar-refractivity contribution in [3.63, 3.8) is 0 Å². The average molecular weight is 273 g/mol. The minimum atomic E-state index is -0.420. The zero-order valence-corrected chi connectivity index (χ0v) is 12.2. The number of hydrogen-bond donors (Lipinski definition) is 1. The Morgan fingerprint density at radius 3 is 2.60 bits per heavy atom. The summed E-state index contributed by atoms with van der Waals surface area (Å²) in [4.78, 5) is 11.9. The quantitative estimate of drug-likeness (QED) is 0.687. The number of aromatic nitrogens is 2. The third-order valence-corrected chi connectivity index (χ3v) is 3.64. The molecule has 0 saturated carbocycles. The van der Waals surface area contributed by atoms with Crippen molar-refractivity contribution in [2.75, 3.05) is 12.8 Å². The van der Waals surface area contributed by atoms with E-state index in [1.165, 1.54) is 7.11 Å². The van der Waals surface area contributed by atoms with E-state index in [0.29, 0.717) is 17.8 Å². The molecule has 106 valence electrons. The molecule has 1 aromatic heterocycles. The summed E-state index contributed by atoms with van der Waals surface area (Å²) < 4.78 is 6.69. The molecule has 1 heterocycles. The van der Waals surface area contributed by atoms with Gasteiger partial charge in [0, 0.05) is 11.4 Å². The number of rotatable bonds is 3. The number of nitrogens with zero attached hydrogens (tertiary/aromatic N) is 2. The minimum absolute atomic E-state index is 0.417. The van der Waals surface area contributed by atoms with Gasteiger partial charge in [0.2, 0.25) is 0 Å². The van der Waals surface area contributed by atoms with E-state index in [0.717, 1.165) is 22.5 Å². The molecule has 2 N–H and O–H groups in total. The Morgan fingerprint density at radius 2 is 2.05 bits per heavy atom. The standard InChI is InChI=1S/C15H19N3O2/c1-9-10(2)17-18(11(9)3)8-12-6-5-7-13(16)14(12)15(19)20-4/h5-7H,8,16H2,1-4H3. The van der Waals surface area contributed by atoms with Crippen LogP contribution in [0.1, 0.15) is 32.9 Å². The van der Waals surface area contributed by atoms with E-state index in [9.17, 15) is 4.79 Å². The number of hydrogen-bond acceptors (Lipinski definition) is 4. The third-order valence-electron chi connectivity index (χ3n) is 3.64. The van der Waals surface area contributed by atoms with Crippen LogP contribution in [-0.2, 0) is 11.3 Å². The van der Waals surface area contributed by atoms with Crippen molar-refractivity contribution in [3.8, 4) is 0 Å². The predicted molar refractivity (Wildman–Crippen MR) is 77.7 cm³/mol. The Balaban J connectivity index is 2.46. The molecule has 0 aliphatic heterocycles. The van der Waals surface area contributed by atoms with Gasteiger partial charge in [-0.2, -0.15) is 5.10 Å². The fourth-order valence-corrected chi connectivity index (χ4v) is 2.20. The molecular formula is C15H19N3O2. The molecule has 5 nitrogen and oxygen atoms in total. The summed E-state index contributed by atoms with van der Waals surface area (Å²) >= 11 is 0. The first-order valence-electron chi connectivity index (χ1n) is 6.42. The number of nitrogen functional groups attached to an aromatic ring is 1. The monoisotopic (exact) mass is 273 g/mol. The number of aryl methyl sites for hydroxylation is 1. The lowest BCUT2D eigenvalue weighted by Crippen LogP contribution is -2.13. The molecule has 20 heavy (non-hydrogen) atoms. The highest BCUT2D eigenvalue weighted by Crippen LogP contribution is 2.21. The first-order chi connectivity index (χ1) is 9.45. The molecular weight excluding hydrogens is 254 g/mol. The van der Waals surface area contributed by atoms with Gasteiger partial charge in [-0.1, -0.05) is 12.1 Å². The second-order valence-electron chi connectivity index (χ2n) is 4.83. The van der Waals surface area contributed by atoms with E-state index >= 15 is 0 Å². The summed E-state index contributed by atoms with van der Waals surface area (Å²) in [5.41, 5.74) is 10.8. The number of esters is 1. The van der Waals surface area contributed by atoms with Crippen LogP contribution in [-0.4, -0.2) is 22.9 Å². The van der Waals surface area contributed by atoms with Crippen molar-refractivity contribution in [1.29, 1.82) is 0 Å². The Kier molecular flexibility index (Phi) is 3.79. The van der Waals surface area contributed by atoms with Gasteiger partial charge in [-0.3, -0.25) is 4.68 Å². The largest absolute Gasteiger partial charge is 0.465 e. The fraction of sp³-hybridized carbons (Fsp3) is 0.333. The van der Waals surface area contributed by atoms with Gasteiger partial charge in [-0.15, -0.1) is 0 Å². The smallest absolute Gasteiger partial charge is 0.340 e. The van der Waals surface area contributed by atoms with Gasteiger partial charge in [-0.25, -0.2) is 4.79 Å². The van der Waals surface area contributed by atoms with Gasteiger partial charge in [0.05, 0.1) is 24.9 Å². The molecule has 0 fully saturated rings. The van der Waals surface area contributed by atoms with Crippen LogP contribution >= 0.6 is 0 Å². The highest BCUT2D eigenvalue weighted by molar-refractivity contribution is 5.96. The summed E-state index contributed by atoms with van der Waals surface area (Å²) in [6, 6.07) is 5.40. The summed E-state index contributed by atoms with van der Waals surface area (Å²) in [6.07, 6.45) is 0. The van der Waals surface area contributed by atoms with Crippen LogP contribution in [0.3, 0.4) is 0 Å². The van der Waals surface area contributed by atoms with Gasteiger partial charge in [-0.05, 0) is 38.0 Å². The summed E-state index contributed by atoms with van der Waals surface area (Å²) in [7, 11) is 1.35. The average Bonchev–Trinajstić information content (AvgIpc) is 2.66. The molecule has 0 amide bonds. The fourth-order valence-electron chi connectivity index (χ4n) is 2.20. The van der Waals surface area contributed by atoms with Crippen molar-refractivity contribution in [1.82, 2.24) is 9.78 Å². The van der Waals surface area contributed by atoms with Gasteiger partial charge in [0.25, 0.3) is 0 Å². The van der Waals surface area contributed by atoms with E-state index in [1.807, 2.05) is 37.6 Å². The molecule has 1 aromatic carbocycles. The highest BCUT2D eigenvalue weighted by Gasteiger charge is 2.17. The number of benzene rings is 1. The summed E-state index contributed by atoms with van der Waals surface area (Å²) in [5.74, 6) is -0.420. The maximum absolute atomic E-state index is 11.9. The van der Waals surface area contributed by atoms with Crippen LogP contribution in [0.4, 0.5) is 5.69 Å². The second-order valence-corrected chi connectivity index (χ2v) is 4.83. The Bertz CT molecular complexity index is 659. The number of nitrogens with two attached hydrogens (primary N) is 1. The molecule has 5 heteroatoms. The normalized spacial score (nSPS) is 10.6. The number of anilines is 1. The van der Waals surface area contributed by atoms with Crippen LogP contribution in [0.25, 0.3) is 0 Å². The van der Waals surface area contributed by atoms with Crippen LogP contribution < -0.4 is 5.73 Å². The van der Waals surface area contributed by atoms with E-state index in [1.54, 1.807) is 6.07 Å². The molecule has 0 aliphatic carbocycles. The van der Waals surface area contributed by atoms with Crippen molar-refractivity contribution >= 4 is 11.7 Å². The Hall–Kier alpha value is -2.30. The third kappa shape index (κ3) is 2.39. The second kappa shape index (κ2) is 5.36. The first-order valence-corrected chi connectivity index (χ1v) is 6.42. The van der Waals surface area contributed by atoms with Crippen LogP contribution in [0.15, 0.2) is 18.2 Å². The van der Waals surface area contributed by atoms with Gasteiger partial charge in [0.1, 0.15) is 0 Å². The molecule has 0 bridgehead atoms. The van der Waals surface area contributed by atoms with Crippen LogP contribution in [0.5, 0.6) is 0 Å². The molecule has 0 saturated heterocycles. The van der Waals surface area contributed by atoms with Crippen molar-refractivity contribution in [2.24, 2.45) is 0 Å². The molecule has 0 spiro atoms. The Morgan fingerprint density at radius 1 is 1.35 bits per heavy atom. The maximum Gasteiger partial charge on any atom is 0.340 e. The van der Waals surface area contributed by atoms with Crippen molar-refractivity contribution in [2.45, 2.75) is 27.3 Å². The van der Waals surface area contributed by atoms with Crippen molar-refractivity contribution in [3.05, 3.63) is 46.3 Å². The molecule has 2 rings (SSSR count). The number of methoxy groups -OCH3 is 1. The van der Waals surface area contributed by atoms with Crippen LogP contribution in [0, 0.1) is 20.8 Å². The lowest BCUT2D eigenvalue weighted by Gasteiger charge is -2.11. The lowest BCUT2D eigenvalue weighted by atomic mass is 10.1. The topological polar surface area (TPSA) is 70.1 Å². The highest BCUT2D eigenvalue weighted by atomic mass is 16.5. The van der Waals surface area contributed by atoms with E-state index < -0.39 is 5.97 Å². The molecule has 2 aromatic rings. The summed E-state index contributed by atoms with van der Waals surface area (Å²) in [6.45, 7) is 6.52. The SMILES string of the molecule is COC(=O)c1c(N)cccc1Cn1nc(C)c(C)c1C. The number of carbonyl (C=O) groups excluding carboxylic acids is 1. The maximum atomic E-state index is 11.9. The summed E-state index contributed by atoms with van der Waals surface area (Å²) in [5, 5.41) is 4.48. The minimum Gasteiger partial charge on any atom is -0.465 e. The van der Waals surface area contributed by atoms with Gasteiger partial charge in [0.15, 0.2) is 0 Å². The van der Waals surface area contributed by atoms with E-state index in [2.05, 4.69) is 5.10 Å². The number of ether oxygens (including phenoxy) is 1. The molecule has 0 aliphatic rings. The van der Waals surface area contributed by atoms with Gasteiger partial charge >= 0.3 is 5.97 Å². The molecule has 0 atom stereocenters. The number of carbonyl (C=O) groups is 1. The zero-order valence-electron chi connectivity index (χ0n) is 12.2. The van der Waals surface area contributed by atoms with E-state index in [4.69, 9.17) is 10.5 Å². The van der Waals surface area contributed by atoms with Gasteiger partial charge < -0.3 is 10.5 Å². The predicted octanol–water partition coefficient (Wildman–Crippen LogP) is 2.23. The first kappa shape index (κ1) is 14.1. The Labute approximate surface area is 118 Å². The van der Waals surface area contributed by atoms with Crippen molar-refractivity contribution < 1.29 is 9.53 Å². The molecule has 0 unspecified atom stereocenters. The zero-order chi connectivity index (χ0) is 14.9. The van der Waals surface area contributed by atoms with Crippen LogP contribution in [0.2, 0.25) is 0 Å². The lowest BCUT2D eigenvalue weighted by molar-refractivity contribution is 0.0600. The van der Waals surface area contributed by atoms with E-state index in [-0.39, 0.29) is 0 Å². The molecule has 0 radical (unpaired) electrons.